The van der Waals surface area contributed by atoms with Crippen LogP contribution in [0.25, 0.3) is 0 Å². The molecule has 1 aromatic heterocycles. The van der Waals surface area contributed by atoms with Gasteiger partial charge in [0.15, 0.2) is 0 Å². The Balaban J connectivity index is 1.30. The summed E-state index contributed by atoms with van der Waals surface area (Å²) in [6.45, 7) is 4.36. The zero-order valence-electron chi connectivity index (χ0n) is 20.5. The molecule has 1 aliphatic heterocycles. The molecule has 4 saturated carbocycles. The predicted octanol–water partition coefficient (Wildman–Crippen LogP) is 4.07. The van der Waals surface area contributed by atoms with Gasteiger partial charge in [0.25, 0.3) is 5.92 Å². The fourth-order valence-electron chi connectivity index (χ4n) is 7.45. The molecule has 2 atom stereocenters. The van der Waals surface area contributed by atoms with Crippen LogP contribution in [-0.2, 0) is 11.3 Å². The molecule has 1 aromatic rings. The van der Waals surface area contributed by atoms with Crippen LogP contribution < -0.4 is 10.6 Å². The maximum Gasteiger partial charge on any atom is 0.260 e. The van der Waals surface area contributed by atoms with Crippen LogP contribution in [0.4, 0.5) is 8.78 Å². The van der Waals surface area contributed by atoms with Crippen LogP contribution in [0.15, 0.2) is 27.8 Å². The molecule has 4 bridgehead atoms. The highest BCUT2D eigenvalue weighted by Crippen LogP contribution is 2.60. The lowest BCUT2D eigenvalue weighted by Crippen LogP contribution is -2.66. The molecule has 4 aliphatic carbocycles. The van der Waals surface area contributed by atoms with E-state index in [0.29, 0.717) is 31.3 Å². The average Bonchev–Trinajstić information content (AvgIpc) is 3.31. The van der Waals surface area contributed by atoms with Gasteiger partial charge >= 0.3 is 0 Å². The topological polar surface area (TPSA) is 93.7 Å². The first-order chi connectivity index (χ1) is 16.6. The van der Waals surface area contributed by atoms with Gasteiger partial charge in [0.2, 0.25) is 12.1 Å². The summed E-state index contributed by atoms with van der Waals surface area (Å²) in [5.41, 5.74) is -1.18. The number of carbonyl (C=O) groups is 1. The van der Waals surface area contributed by atoms with Gasteiger partial charge in [0, 0.05) is 12.5 Å². The monoisotopic (exact) mass is 487 g/mol. The minimum atomic E-state index is -2.73. The first-order valence-electron chi connectivity index (χ1n) is 12.8. The fourth-order valence-corrected chi connectivity index (χ4v) is 7.45. The summed E-state index contributed by atoms with van der Waals surface area (Å²) in [7, 11) is 0. The van der Waals surface area contributed by atoms with E-state index in [9.17, 15) is 18.8 Å². The van der Waals surface area contributed by atoms with Gasteiger partial charge in [-0.25, -0.2) is 8.78 Å². The SMILES string of the molecule is CC(C)(/C(=N\C#N)NC1C2CC3CC1CC(C(=O)NCc1ccco1)(C3)C2)N1CCCC(F)(F)C1. The summed E-state index contributed by atoms with van der Waals surface area (Å²) >= 11 is 0. The number of alkyl halides is 2. The normalized spacial score (nSPS) is 34.4. The molecule has 6 rings (SSSR count). The van der Waals surface area contributed by atoms with E-state index in [1.807, 2.05) is 32.2 Å². The van der Waals surface area contributed by atoms with Crippen LogP contribution >= 0.6 is 0 Å². The van der Waals surface area contributed by atoms with Gasteiger partial charge in [-0.1, -0.05) is 0 Å². The first-order valence-corrected chi connectivity index (χ1v) is 12.8. The largest absolute Gasteiger partial charge is 0.467 e. The van der Waals surface area contributed by atoms with Crippen LogP contribution in [0.2, 0.25) is 0 Å². The molecule has 0 aromatic carbocycles. The molecule has 2 unspecified atom stereocenters. The molecule has 190 valence electrons. The zero-order chi connectivity index (χ0) is 24.8. The number of nitrogens with one attached hydrogen (secondary N) is 2. The molecule has 35 heavy (non-hydrogen) atoms. The maximum atomic E-state index is 14.2. The highest BCUT2D eigenvalue weighted by Gasteiger charge is 2.59. The second-order valence-corrected chi connectivity index (χ2v) is 11.7. The van der Waals surface area contributed by atoms with Gasteiger partial charge in [-0.15, -0.1) is 0 Å². The third kappa shape index (κ3) is 4.57. The number of rotatable bonds is 6. The molecule has 1 saturated heterocycles. The third-order valence-corrected chi connectivity index (χ3v) is 8.99. The van der Waals surface area contributed by atoms with E-state index >= 15 is 0 Å². The average molecular weight is 488 g/mol. The van der Waals surface area contributed by atoms with Gasteiger partial charge in [0.05, 0.1) is 30.3 Å². The minimum absolute atomic E-state index is 0.0919. The summed E-state index contributed by atoms with van der Waals surface area (Å²) in [5, 5.41) is 16.1. The van der Waals surface area contributed by atoms with E-state index in [-0.39, 0.29) is 42.2 Å². The van der Waals surface area contributed by atoms with Crippen molar-refractivity contribution in [3.05, 3.63) is 24.2 Å². The number of carbonyl (C=O) groups excluding carboxylic acids is 1. The number of amidine groups is 1. The number of hydrogen-bond donors (Lipinski definition) is 2. The van der Waals surface area contributed by atoms with Crippen LogP contribution in [-0.4, -0.2) is 47.2 Å². The molecular weight excluding hydrogens is 452 g/mol. The summed E-state index contributed by atoms with van der Waals surface area (Å²) in [6.07, 6.45) is 8.43. The Bertz CT molecular complexity index is 999. The molecule has 5 fully saturated rings. The van der Waals surface area contributed by atoms with Crippen molar-refractivity contribution in [3.8, 4) is 6.19 Å². The number of halogens is 2. The van der Waals surface area contributed by atoms with Crippen LogP contribution in [0.5, 0.6) is 0 Å². The maximum absolute atomic E-state index is 14.2. The minimum Gasteiger partial charge on any atom is -0.467 e. The van der Waals surface area contributed by atoms with Gasteiger partial charge in [-0.3, -0.25) is 9.69 Å². The third-order valence-electron chi connectivity index (χ3n) is 8.99. The van der Waals surface area contributed by atoms with Crippen molar-refractivity contribution >= 4 is 11.7 Å². The second-order valence-electron chi connectivity index (χ2n) is 11.7. The number of aliphatic imine (C=N–C) groups is 1. The van der Waals surface area contributed by atoms with E-state index in [1.54, 1.807) is 11.2 Å². The summed E-state index contributed by atoms with van der Waals surface area (Å²) in [6, 6.07) is 3.76. The standard InChI is InChI=1S/C26H35F2N5O2/c1-24(2,33-7-4-6-26(27,28)15-33)22(31-16-29)32-21-18-9-17-10-19(21)13-25(11-17,12-18)23(34)30-14-20-5-3-8-35-20/h3,5,8,17-19,21H,4,6-7,9-15H2,1-2H3,(H,30,34)(H,31,32). The molecular formula is C26H35F2N5O2. The Labute approximate surface area is 205 Å². The number of furan rings is 1. The molecule has 0 spiro atoms. The van der Waals surface area contributed by atoms with Gasteiger partial charge in [-0.2, -0.15) is 10.3 Å². The molecule has 5 aliphatic rings. The summed E-state index contributed by atoms with van der Waals surface area (Å²) in [4.78, 5) is 19.2. The Kier molecular flexibility index (Phi) is 6.15. The van der Waals surface area contributed by atoms with Crippen molar-refractivity contribution in [2.45, 2.75) is 82.8 Å². The Morgan fingerprint density at radius 2 is 2.06 bits per heavy atom. The zero-order valence-corrected chi connectivity index (χ0v) is 20.5. The number of nitriles is 1. The predicted molar refractivity (Wildman–Crippen MR) is 126 cm³/mol. The molecule has 0 radical (unpaired) electrons. The molecule has 2 N–H and O–H groups in total. The van der Waals surface area contributed by atoms with Crippen molar-refractivity contribution in [3.63, 3.8) is 0 Å². The van der Waals surface area contributed by atoms with Gasteiger partial charge in [-0.05, 0) is 88.8 Å². The van der Waals surface area contributed by atoms with Crippen LogP contribution in [0, 0.1) is 34.6 Å². The van der Waals surface area contributed by atoms with Gasteiger partial charge < -0.3 is 15.1 Å². The molecule has 1 amide bonds. The van der Waals surface area contributed by atoms with Crippen molar-refractivity contribution in [1.82, 2.24) is 15.5 Å². The Morgan fingerprint density at radius 1 is 1.31 bits per heavy atom. The van der Waals surface area contributed by atoms with E-state index in [1.165, 1.54) is 0 Å². The quantitative estimate of drug-likeness (QED) is 0.358. The highest BCUT2D eigenvalue weighted by molar-refractivity contribution is 5.92. The molecule has 7 nitrogen and oxygen atoms in total. The van der Waals surface area contributed by atoms with Crippen LogP contribution in [0.1, 0.15) is 64.6 Å². The van der Waals surface area contributed by atoms with E-state index in [0.717, 1.165) is 37.9 Å². The van der Waals surface area contributed by atoms with E-state index in [2.05, 4.69) is 15.6 Å². The number of likely N-dealkylation sites (tertiary alicyclic amines) is 1. The smallest absolute Gasteiger partial charge is 0.260 e. The molecule has 2 heterocycles. The van der Waals surface area contributed by atoms with Gasteiger partial charge in [0.1, 0.15) is 11.6 Å². The summed E-state index contributed by atoms with van der Waals surface area (Å²) < 4.78 is 33.7. The van der Waals surface area contributed by atoms with E-state index < -0.39 is 11.5 Å². The Morgan fingerprint density at radius 3 is 2.69 bits per heavy atom. The molecule has 9 heteroatoms. The van der Waals surface area contributed by atoms with Crippen molar-refractivity contribution < 1.29 is 18.0 Å². The lowest BCUT2D eigenvalue weighted by atomic mass is 9.47. The number of hydrogen-bond acceptors (Lipinski definition) is 5. The van der Waals surface area contributed by atoms with E-state index in [4.69, 9.17) is 4.42 Å². The number of piperidine rings is 1. The lowest BCUT2D eigenvalue weighted by Gasteiger charge is -2.59. The first kappa shape index (κ1) is 24.2. The number of amides is 1. The highest BCUT2D eigenvalue weighted by atomic mass is 19.3. The summed E-state index contributed by atoms with van der Waals surface area (Å²) in [5.74, 6) is -0.322. The lowest BCUT2D eigenvalue weighted by molar-refractivity contribution is -0.149. The number of nitrogens with zero attached hydrogens (tertiary/aromatic N) is 3. The van der Waals surface area contributed by atoms with Crippen molar-refractivity contribution in [2.24, 2.45) is 28.2 Å². The van der Waals surface area contributed by atoms with Crippen LogP contribution in [0.3, 0.4) is 0 Å². The van der Waals surface area contributed by atoms with Crippen molar-refractivity contribution in [1.29, 1.82) is 5.26 Å². The Hall–Kier alpha value is -2.47. The second kappa shape index (κ2) is 8.88. The fraction of sp³-hybridized carbons (Fsp3) is 0.731. The van der Waals surface area contributed by atoms with Crippen molar-refractivity contribution in [2.75, 3.05) is 13.1 Å².